The van der Waals surface area contributed by atoms with Gasteiger partial charge < -0.3 is 10.1 Å². The van der Waals surface area contributed by atoms with Gasteiger partial charge in [0.15, 0.2) is 6.61 Å². The molecular formula is C23H24N2O5S. The molecule has 1 amide bonds. The summed E-state index contributed by atoms with van der Waals surface area (Å²) in [6.07, 6.45) is -0.0212. The van der Waals surface area contributed by atoms with Gasteiger partial charge in [0.2, 0.25) is 0 Å². The Morgan fingerprint density at radius 3 is 2.29 bits per heavy atom. The van der Waals surface area contributed by atoms with Crippen LogP contribution in [0.5, 0.6) is 0 Å². The molecule has 0 unspecified atom stereocenters. The topological polar surface area (TPSA) is 102 Å². The molecule has 0 spiro atoms. The highest BCUT2D eigenvalue weighted by Crippen LogP contribution is 2.21. The molecule has 3 aromatic carbocycles. The Morgan fingerprint density at radius 2 is 1.61 bits per heavy atom. The van der Waals surface area contributed by atoms with Gasteiger partial charge in [0.1, 0.15) is 0 Å². The van der Waals surface area contributed by atoms with Crippen LogP contribution in [0.1, 0.15) is 19.4 Å². The van der Waals surface area contributed by atoms with Gasteiger partial charge in [-0.1, -0.05) is 42.5 Å². The van der Waals surface area contributed by atoms with E-state index in [-0.39, 0.29) is 29.9 Å². The second-order valence-corrected chi connectivity index (χ2v) is 9.05. The molecule has 0 saturated heterocycles. The van der Waals surface area contributed by atoms with E-state index < -0.39 is 16.0 Å². The molecule has 2 N–H and O–H groups in total. The molecule has 0 heterocycles. The number of rotatable bonds is 8. The molecule has 3 rings (SSSR count). The summed E-state index contributed by atoms with van der Waals surface area (Å²) >= 11 is 0. The Labute approximate surface area is 181 Å². The first kappa shape index (κ1) is 22.3. The molecule has 0 aliphatic carbocycles. The Kier molecular flexibility index (Phi) is 6.91. The molecule has 8 heteroatoms. The van der Waals surface area contributed by atoms with E-state index >= 15 is 0 Å². The van der Waals surface area contributed by atoms with E-state index in [0.717, 1.165) is 10.8 Å². The molecular weight excluding hydrogens is 416 g/mol. The van der Waals surface area contributed by atoms with Crippen molar-refractivity contribution >= 4 is 38.4 Å². The highest BCUT2D eigenvalue weighted by molar-refractivity contribution is 7.92. The maximum absolute atomic E-state index is 12.7. The van der Waals surface area contributed by atoms with Gasteiger partial charge in [0.05, 0.1) is 11.3 Å². The molecule has 7 nitrogen and oxygen atoms in total. The van der Waals surface area contributed by atoms with Crippen molar-refractivity contribution in [1.82, 2.24) is 5.32 Å². The smallest absolute Gasteiger partial charge is 0.310 e. The summed E-state index contributed by atoms with van der Waals surface area (Å²) in [4.78, 5) is 23.6. The SMILES string of the molecule is CC(C)NC(=O)COC(=O)Cc1ccc(NS(=O)(=O)c2ccc3ccccc3c2)cc1. The molecule has 0 aromatic heterocycles. The van der Waals surface area contributed by atoms with Crippen molar-refractivity contribution in [2.24, 2.45) is 0 Å². The number of benzene rings is 3. The molecule has 31 heavy (non-hydrogen) atoms. The number of amides is 1. The van der Waals surface area contributed by atoms with Crippen molar-refractivity contribution in [1.29, 1.82) is 0 Å². The van der Waals surface area contributed by atoms with Crippen LogP contribution in [0.25, 0.3) is 10.8 Å². The average molecular weight is 441 g/mol. The van der Waals surface area contributed by atoms with Gasteiger partial charge in [-0.25, -0.2) is 8.42 Å². The summed E-state index contributed by atoms with van der Waals surface area (Å²) in [7, 11) is -3.75. The van der Waals surface area contributed by atoms with E-state index in [1.165, 1.54) is 0 Å². The van der Waals surface area contributed by atoms with Crippen LogP contribution in [0.2, 0.25) is 0 Å². The summed E-state index contributed by atoms with van der Waals surface area (Å²) in [6.45, 7) is 3.30. The summed E-state index contributed by atoms with van der Waals surface area (Å²) in [5, 5.41) is 4.43. The zero-order valence-corrected chi connectivity index (χ0v) is 18.1. The number of sulfonamides is 1. The first-order valence-corrected chi connectivity index (χ1v) is 11.3. The molecule has 0 aliphatic heterocycles. The number of anilines is 1. The Bertz CT molecular complexity index is 1190. The van der Waals surface area contributed by atoms with Crippen molar-refractivity contribution in [2.45, 2.75) is 31.2 Å². The minimum absolute atomic E-state index is 0.0212. The fraction of sp³-hybridized carbons (Fsp3) is 0.217. The molecule has 3 aromatic rings. The third-order valence-corrected chi connectivity index (χ3v) is 5.78. The summed E-state index contributed by atoms with van der Waals surface area (Å²) < 4.78 is 32.9. The third-order valence-electron chi connectivity index (χ3n) is 4.40. The molecule has 0 fully saturated rings. The maximum atomic E-state index is 12.7. The average Bonchev–Trinajstić information content (AvgIpc) is 2.72. The van der Waals surface area contributed by atoms with Crippen LogP contribution < -0.4 is 10.0 Å². The second kappa shape index (κ2) is 9.61. The second-order valence-electron chi connectivity index (χ2n) is 7.37. The first-order valence-electron chi connectivity index (χ1n) is 9.78. The predicted molar refractivity (Wildman–Crippen MR) is 119 cm³/mol. The van der Waals surface area contributed by atoms with Crippen LogP contribution in [-0.4, -0.2) is 32.9 Å². The number of esters is 1. The van der Waals surface area contributed by atoms with Gasteiger partial charge in [-0.05, 0) is 54.4 Å². The van der Waals surface area contributed by atoms with Crippen LogP contribution in [-0.2, 0) is 30.8 Å². The van der Waals surface area contributed by atoms with E-state index in [1.807, 2.05) is 38.1 Å². The molecule has 0 atom stereocenters. The van der Waals surface area contributed by atoms with Crippen molar-refractivity contribution in [3.8, 4) is 0 Å². The molecule has 0 bridgehead atoms. The van der Waals surface area contributed by atoms with Crippen LogP contribution in [0.15, 0.2) is 71.6 Å². The number of hydrogen-bond donors (Lipinski definition) is 2. The largest absolute Gasteiger partial charge is 0.455 e. The van der Waals surface area contributed by atoms with Gasteiger partial charge in [0, 0.05) is 11.7 Å². The van der Waals surface area contributed by atoms with E-state index in [0.29, 0.717) is 11.3 Å². The standard InChI is InChI=1S/C23H24N2O5S/c1-16(2)24-22(26)15-30-23(27)13-17-7-10-20(11-8-17)25-31(28,29)21-12-9-18-5-3-4-6-19(18)14-21/h3-12,14,16,25H,13,15H2,1-2H3,(H,24,26). The highest BCUT2D eigenvalue weighted by atomic mass is 32.2. The van der Waals surface area contributed by atoms with Gasteiger partial charge in [-0.15, -0.1) is 0 Å². The quantitative estimate of drug-likeness (QED) is 0.524. The van der Waals surface area contributed by atoms with Crippen molar-refractivity contribution < 1.29 is 22.7 Å². The monoisotopic (exact) mass is 440 g/mol. The summed E-state index contributed by atoms with van der Waals surface area (Å²) in [5.74, 6) is -0.898. The lowest BCUT2D eigenvalue weighted by Crippen LogP contribution is -2.34. The van der Waals surface area contributed by atoms with Gasteiger partial charge in [-0.3, -0.25) is 14.3 Å². The number of hydrogen-bond acceptors (Lipinski definition) is 5. The maximum Gasteiger partial charge on any atom is 0.310 e. The molecule has 0 aliphatic rings. The van der Waals surface area contributed by atoms with E-state index in [2.05, 4.69) is 10.0 Å². The van der Waals surface area contributed by atoms with E-state index in [9.17, 15) is 18.0 Å². The third kappa shape index (κ3) is 6.29. The minimum atomic E-state index is -3.75. The van der Waals surface area contributed by atoms with Crippen molar-refractivity contribution in [2.75, 3.05) is 11.3 Å². The molecule has 0 saturated carbocycles. The normalized spacial score (nSPS) is 11.3. The Balaban J connectivity index is 1.60. The van der Waals surface area contributed by atoms with Crippen LogP contribution in [0.3, 0.4) is 0 Å². The Hall–Kier alpha value is -3.39. The highest BCUT2D eigenvalue weighted by Gasteiger charge is 2.15. The van der Waals surface area contributed by atoms with Gasteiger partial charge in [0.25, 0.3) is 15.9 Å². The number of carbonyl (C=O) groups is 2. The summed E-state index contributed by atoms with van der Waals surface area (Å²) in [5.41, 5.74) is 1.02. The lowest BCUT2D eigenvalue weighted by molar-refractivity contribution is -0.148. The van der Waals surface area contributed by atoms with E-state index in [4.69, 9.17) is 4.74 Å². The Morgan fingerprint density at radius 1 is 0.935 bits per heavy atom. The minimum Gasteiger partial charge on any atom is -0.455 e. The number of fused-ring (bicyclic) bond motifs is 1. The fourth-order valence-corrected chi connectivity index (χ4v) is 4.06. The van der Waals surface area contributed by atoms with Crippen LogP contribution in [0, 0.1) is 0 Å². The number of ether oxygens (including phenoxy) is 1. The lowest BCUT2D eigenvalue weighted by atomic mass is 10.1. The lowest BCUT2D eigenvalue weighted by Gasteiger charge is -2.10. The van der Waals surface area contributed by atoms with E-state index in [1.54, 1.807) is 42.5 Å². The zero-order chi connectivity index (χ0) is 22.4. The van der Waals surface area contributed by atoms with Crippen LogP contribution >= 0.6 is 0 Å². The summed E-state index contributed by atoms with van der Waals surface area (Å²) in [6, 6.07) is 18.9. The van der Waals surface area contributed by atoms with Crippen molar-refractivity contribution in [3.63, 3.8) is 0 Å². The zero-order valence-electron chi connectivity index (χ0n) is 17.3. The molecule has 0 radical (unpaired) electrons. The van der Waals surface area contributed by atoms with Gasteiger partial charge in [-0.2, -0.15) is 0 Å². The van der Waals surface area contributed by atoms with Gasteiger partial charge >= 0.3 is 5.97 Å². The number of carbonyl (C=O) groups excluding carboxylic acids is 2. The molecule has 162 valence electrons. The van der Waals surface area contributed by atoms with Crippen LogP contribution in [0.4, 0.5) is 5.69 Å². The number of nitrogens with one attached hydrogen (secondary N) is 2. The predicted octanol–water partition coefficient (Wildman–Crippen LogP) is 3.25. The first-order chi connectivity index (χ1) is 14.7. The van der Waals surface area contributed by atoms with Crippen molar-refractivity contribution in [3.05, 3.63) is 72.3 Å². The fourth-order valence-electron chi connectivity index (χ4n) is 2.97.